The predicted octanol–water partition coefficient (Wildman–Crippen LogP) is 1.30. The fourth-order valence-corrected chi connectivity index (χ4v) is 4.06. The molecule has 0 spiro atoms. The number of nitrogens with two attached hydrogens (primary N) is 1. The lowest BCUT2D eigenvalue weighted by Gasteiger charge is -2.33. The second-order valence-corrected chi connectivity index (χ2v) is 9.05. The van der Waals surface area contributed by atoms with Crippen LogP contribution in [0.5, 0.6) is 0 Å². The highest BCUT2D eigenvalue weighted by Crippen LogP contribution is 2.26. The molecule has 160 valence electrons. The van der Waals surface area contributed by atoms with E-state index in [1.165, 1.54) is 11.8 Å². The highest BCUT2D eigenvalue weighted by Gasteiger charge is 2.24. The van der Waals surface area contributed by atoms with Gasteiger partial charge in [0, 0.05) is 56.9 Å². The number of nitrogens with zero attached hydrogens (tertiary/aromatic N) is 4. The molecule has 4 N–H and O–H groups in total. The van der Waals surface area contributed by atoms with Crippen molar-refractivity contribution in [2.45, 2.75) is 25.4 Å². The predicted molar refractivity (Wildman–Crippen MR) is 118 cm³/mol. The maximum Gasteiger partial charge on any atom is 0.254 e. The summed E-state index contributed by atoms with van der Waals surface area (Å²) < 4.78 is 13.6. The Hall–Kier alpha value is -2.56. The van der Waals surface area contributed by atoms with Crippen LogP contribution in [-0.2, 0) is 17.5 Å². The lowest BCUT2D eigenvalue weighted by atomic mass is 10.2. The average Bonchev–Trinajstić information content (AvgIpc) is 3.54. The molecule has 2 fully saturated rings. The molecule has 1 aromatic carbocycles. The number of primary amides is 1. The van der Waals surface area contributed by atoms with Crippen LogP contribution < -0.4 is 16.4 Å². The van der Waals surface area contributed by atoms with E-state index in [2.05, 4.69) is 37.6 Å². The first kappa shape index (κ1) is 20.7. The topological polar surface area (TPSA) is 116 Å². The van der Waals surface area contributed by atoms with E-state index in [4.69, 9.17) is 5.73 Å². The van der Waals surface area contributed by atoms with Gasteiger partial charge in [0.15, 0.2) is 0 Å². The van der Waals surface area contributed by atoms with E-state index in [1.54, 1.807) is 6.26 Å². The summed E-state index contributed by atoms with van der Waals surface area (Å²) in [5.74, 6) is 0.353. The highest BCUT2D eigenvalue weighted by atomic mass is 32.2. The molecule has 1 aromatic heterocycles. The number of benzene rings is 1. The van der Waals surface area contributed by atoms with Crippen LogP contribution in [0.3, 0.4) is 0 Å². The van der Waals surface area contributed by atoms with E-state index in [0.29, 0.717) is 23.4 Å². The van der Waals surface area contributed by atoms with Gasteiger partial charge in [0.1, 0.15) is 5.82 Å². The summed E-state index contributed by atoms with van der Waals surface area (Å²) in [6, 6.07) is 8.49. The van der Waals surface area contributed by atoms with Crippen molar-refractivity contribution >= 4 is 34.3 Å². The molecule has 1 saturated heterocycles. The van der Waals surface area contributed by atoms with Crippen LogP contribution in [0.1, 0.15) is 28.8 Å². The number of hydrogen-bond donors (Lipinski definition) is 3. The number of carbonyl (C=O) groups is 1. The van der Waals surface area contributed by atoms with Gasteiger partial charge >= 0.3 is 0 Å². The van der Waals surface area contributed by atoms with Gasteiger partial charge in [-0.3, -0.25) is 9.69 Å². The molecule has 1 aliphatic heterocycles. The second-order valence-electron chi connectivity index (χ2n) is 7.69. The maximum atomic E-state index is 11.6. The number of amides is 1. The summed E-state index contributed by atoms with van der Waals surface area (Å²) in [6.45, 7) is 4.35. The first-order valence-corrected chi connectivity index (χ1v) is 11.6. The Morgan fingerprint density at radius 2 is 1.90 bits per heavy atom. The molecular weight excluding hydrogens is 402 g/mol. The standard InChI is InChI=1S/C20H27N7O2S/c1-30(29)27-10-8-26(9-11-27)13-14-2-4-16(5-3-14)24-20-22-12-17(18(21)28)19(25-20)23-15-6-7-15/h2-5,12,15H,6-11,13H2,1H3,(H2,21,28)(H2,22,23,24,25). The lowest BCUT2D eigenvalue weighted by Crippen LogP contribution is -2.46. The summed E-state index contributed by atoms with van der Waals surface area (Å²) >= 11 is 0. The van der Waals surface area contributed by atoms with Crippen molar-refractivity contribution in [1.82, 2.24) is 19.2 Å². The molecule has 2 aliphatic rings. The molecule has 1 amide bonds. The van der Waals surface area contributed by atoms with Crippen molar-refractivity contribution in [1.29, 1.82) is 0 Å². The quantitative estimate of drug-likeness (QED) is 0.579. The lowest BCUT2D eigenvalue weighted by molar-refractivity contribution is 0.100. The first-order valence-electron chi connectivity index (χ1n) is 10.1. The van der Waals surface area contributed by atoms with Crippen molar-refractivity contribution < 1.29 is 9.00 Å². The van der Waals surface area contributed by atoms with Crippen molar-refractivity contribution in [2.24, 2.45) is 5.73 Å². The third kappa shape index (κ3) is 5.32. The maximum absolute atomic E-state index is 11.6. The van der Waals surface area contributed by atoms with Gasteiger partial charge < -0.3 is 16.4 Å². The zero-order chi connectivity index (χ0) is 21.1. The van der Waals surface area contributed by atoms with Gasteiger partial charge in [-0.25, -0.2) is 13.5 Å². The van der Waals surface area contributed by atoms with Gasteiger partial charge in [0.25, 0.3) is 5.91 Å². The third-order valence-electron chi connectivity index (χ3n) is 5.28. The number of rotatable bonds is 8. The number of aromatic nitrogens is 2. The van der Waals surface area contributed by atoms with Gasteiger partial charge in [0.05, 0.1) is 16.5 Å². The summed E-state index contributed by atoms with van der Waals surface area (Å²) in [5.41, 5.74) is 7.81. The Kier molecular flexibility index (Phi) is 6.26. The van der Waals surface area contributed by atoms with Crippen LogP contribution in [-0.4, -0.2) is 67.8 Å². The fraction of sp³-hybridized carbons (Fsp3) is 0.450. The van der Waals surface area contributed by atoms with Crippen LogP contribution in [0, 0.1) is 0 Å². The van der Waals surface area contributed by atoms with Crippen LogP contribution in [0.2, 0.25) is 0 Å². The largest absolute Gasteiger partial charge is 0.367 e. The minimum atomic E-state index is -0.886. The van der Waals surface area contributed by atoms with Crippen LogP contribution in [0.25, 0.3) is 0 Å². The van der Waals surface area contributed by atoms with Gasteiger partial charge in [-0.15, -0.1) is 0 Å². The van der Waals surface area contributed by atoms with E-state index in [-0.39, 0.29) is 0 Å². The first-order chi connectivity index (χ1) is 14.5. The second kappa shape index (κ2) is 9.07. The molecule has 0 bridgehead atoms. The molecule has 2 aromatic rings. The highest BCUT2D eigenvalue weighted by molar-refractivity contribution is 7.81. The van der Waals surface area contributed by atoms with Gasteiger partial charge in [-0.1, -0.05) is 12.1 Å². The summed E-state index contributed by atoms with van der Waals surface area (Å²) in [4.78, 5) is 22.6. The molecule has 2 heterocycles. The number of nitrogens with one attached hydrogen (secondary N) is 2. The zero-order valence-corrected chi connectivity index (χ0v) is 17.8. The molecule has 1 saturated carbocycles. The zero-order valence-electron chi connectivity index (χ0n) is 17.0. The smallest absolute Gasteiger partial charge is 0.254 e. The Bertz CT molecular complexity index is 925. The minimum Gasteiger partial charge on any atom is -0.367 e. The number of piperazine rings is 1. The molecule has 1 unspecified atom stereocenters. The van der Waals surface area contributed by atoms with Crippen molar-refractivity contribution in [2.75, 3.05) is 43.1 Å². The van der Waals surface area contributed by atoms with E-state index in [9.17, 15) is 9.00 Å². The number of carbonyl (C=O) groups excluding carboxylic acids is 1. The Morgan fingerprint density at radius 3 is 2.50 bits per heavy atom. The number of anilines is 3. The summed E-state index contributed by atoms with van der Waals surface area (Å²) in [6.07, 6.45) is 5.33. The molecule has 0 radical (unpaired) electrons. The minimum absolute atomic E-state index is 0.301. The van der Waals surface area contributed by atoms with Crippen molar-refractivity contribution in [3.05, 3.63) is 41.6 Å². The van der Waals surface area contributed by atoms with E-state index >= 15 is 0 Å². The van der Waals surface area contributed by atoms with E-state index < -0.39 is 16.9 Å². The molecule has 9 nitrogen and oxygen atoms in total. The molecule has 10 heteroatoms. The third-order valence-corrected chi connectivity index (χ3v) is 6.38. The average molecular weight is 430 g/mol. The molecular formula is C20H27N7O2S. The summed E-state index contributed by atoms with van der Waals surface area (Å²) in [7, 11) is -0.886. The van der Waals surface area contributed by atoms with Crippen LogP contribution in [0.4, 0.5) is 17.5 Å². The van der Waals surface area contributed by atoms with Crippen molar-refractivity contribution in [3.63, 3.8) is 0 Å². The SMILES string of the molecule is CS(=O)N1CCN(Cc2ccc(Nc3ncc(C(N)=O)c(NC4CC4)n3)cc2)CC1. The van der Waals surface area contributed by atoms with Gasteiger partial charge in [-0.2, -0.15) is 4.98 Å². The summed E-state index contributed by atoms with van der Waals surface area (Å²) in [5, 5.41) is 6.42. The number of hydrogen-bond acceptors (Lipinski definition) is 7. The van der Waals surface area contributed by atoms with Gasteiger partial charge in [0.2, 0.25) is 5.95 Å². The van der Waals surface area contributed by atoms with E-state index in [1.807, 2.05) is 16.4 Å². The molecule has 1 aliphatic carbocycles. The van der Waals surface area contributed by atoms with Crippen LogP contribution in [0.15, 0.2) is 30.5 Å². The Morgan fingerprint density at radius 1 is 1.20 bits per heavy atom. The molecule has 1 atom stereocenters. The van der Waals surface area contributed by atoms with Gasteiger partial charge in [-0.05, 0) is 30.5 Å². The Balaban J connectivity index is 1.36. The molecule has 4 rings (SSSR count). The normalized spacial score (nSPS) is 18.7. The fourth-order valence-electron chi connectivity index (χ4n) is 3.38. The monoisotopic (exact) mass is 429 g/mol. The molecule has 30 heavy (non-hydrogen) atoms. The van der Waals surface area contributed by atoms with Crippen molar-refractivity contribution in [3.8, 4) is 0 Å². The van der Waals surface area contributed by atoms with Crippen LogP contribution >= 0.6 is 0 Å². The van der Waals surface area contributed by atoms with E-state index in [0.717, 1.165) is 51.3 Å². The Labute approximate surface area is 178 Å².